The van der Waals surface area contributed by atoms with E-state index in [0.29, 0.717) is 28.7 Å². The van der Waals surface area contributed by atoms with Crippen molar-refractivity contribution in [3.63, 3.8) is 0 Å². The number of rotatable bonds is 3. The number of hydrogen-bond acceptors (Lipinski definition) is 6. The molecule has 5 rings (SSSR count). The Morgan fingerprint density at radius 3 is 2.48 bits per heavy atom. The zero-order valence-electron chi connectivity index (χ0n) is 17.1. The van der Waals surface area contributed by atoms with Crippen molar-refractivity contribution in [1.82, 2.24) is 4.90 Å². The van der Waals surface area contributed by atoms with Crippen LogP contribution in [0.4, 0.5) is 0 Å². The molecule has 2 atom stereocenters. The number of benzene rings is 2. The van der Waals surface area contributed by atoms with E-state index in [1.807, 2.05) is 13.0 Å². The lowest BCUT2D eigenvalue weighted by molar-refractivity contribution is 0.0662. The number of fused-ring (bicyclic) bond motifs is 2. The molecular weight excluding hydrogens is 418 g/mol. The molecule has 2 unspecified atom stereocenters. The molecule has 1 amide bonds. The molecule has 2 aliphatic rings. The highest BCUT2D eigenvalue weighted by atomic mass is 32.2. The Morgan fingerprint density at radius 2 is 1.84 bits per heavy atom. The summed E-state index contributed by atoms with van der Waals surface area (Å²) in [5, 5.41) is 0.408. The number of hydrogen-bond donors (Lipinski definition) is 0. The number of carbonyl (C=O) groups is 1. The highest BCUT2D eigenvalue weighted by Gasteiger charge is 2.48. The molecule has 8 heteroatoms. The molecule has 2 aromatic carbocycles. The van der Waals surface area contributed by atoms with Crippen LogP contribution in [0.5, 0.6) is 5.75 Å². The van der Waals surface area contributed by atoms with Gasteiger partial charge in [-0.1, -0.05) is 23.8 Å². The van der Waals surface area contributed by atoms with Gasteiger partial charge in [0, 0.05) is 6.04 Å². The number of nitrogens with zero attached hydrogens (tertiary/aromatic N) is 1. The van der Waals surface area contributed by atoms with Gasteiger partial charge in [0.25, 0.3) is 5.91 Å². The maximum absolute atomic E-state index is 13.5. The van der Waals surface area contributed by atoms with E-state index in [1.165, 1.54) is 4.90 Å². The summed E-state index contributed by atoms with van der Waals surface area (Å²) in [5.41, 5.74) is 1.95. The number of aryl methyl sites for hydroxylation is 1. The fourth-order valence-electron chi connectivity index (χ4n) is 4.59. The molecule has 0 N–H and O–H groups in total. The maximum atomic E-state index is 13.5. The first-order chi connectivity index (χ1) is 14.8. The van der Waals surface area contributed by atoms with Gasteiger partial charge in [-0.2, -0.15) is 0 Å². The second-order valence-electron chi connectivity index (χ2n) is 8.12. The van der Waals surface area contributed by atoms with Gasteiger partial charge in [0.15, 0.2) is 15.3 Å². The third-order valence-corrected chi connectivity index (χ3v) is 7.85. The molecule has 3 heterocycles. The van der Waals surface area contributed by atoms with Gasteiger partial charge < -0.3 is 14.1 Å². The number of methoxy groups -OCH3 is 1. The SMILES string of the molecule is COc1ccc(C2c3c(oc4ccc(C)cc4c3=O)C(=O)N2C2CCS(=O)(=O)C2)cc1. The lowest BCUT2D eigenvalue weighted by atomic mass is 9.97. The summed E-state index contributed by atoms with van der Waals surface area (Å²) in [6.07, 6.45) is 0.335. The first-order valence-electron chi connectivity index (χ1n) is 10.0. The van der Waals surface area contributed by atoms with Gasteiger partial charge in [-0.15, -0.1) is 0 Å². The predicted molar refractivity (Wildman–Crippen MR) is 115 cm³/mol. The highest BCUT2D eigenvalue weighted by Crippen LogP contribution is 2.41. The normalized spacial score (nSPS) is 22.1. The molecule has 1 saturated heterocycles. The molecule has 2 aliphatic heterocycles. The number of amides is 1. The van der Waals surface area contributed by atoms with Crippen LogP contribution in [-0.4, -0.2) is 43.9 Å². The molecule has 0 bridgehead atoms. The average Bonchev–Trinajstić information content (AvgIpc) is 3.25. The first-order valence-corrected chi connectivity index (χ1v) is 11.9. The topological polar surface area (TPSA) is 93.9 Å². The van der Waals surface area contributed by atoms with E-state index in [1.54, 1.807) is 43.5 Å². The van der Waals surface area contributed by atoms with Crippen LogP contribution in [0.2, 0.25) is 0 Å². The number of carbonyl (C=O) groups excluding carboxylic acids is 1. The summed E-state index contributed by atoms with van der Waals surface area (Å²) in [6, 6.07) is 11.1. The van der Waals surface area contributed by atoms with Crippen LogP contribution in [0.1, 0.15) is 39.7 Å². The number of sulfone groups is 1. The van der Waals surface area contributed by atoms with Crippen molar-refractivity contribution in [2.45, 2.75) is 25.4 Å². The Balaban J connectivity index is 1.75. The van der Waals surface area contributed by atoms with E-state index in [0.717, 1.165) is 5.56 Å². The third kappa shape index (κ3) is 3.13. The quantitative estimate of drug-likeness (QED) is 0.623. The van der Waals surface area contributed by atoms with Crippen LogP contribution in [0.15, 0.2) is 51.7 Å². The average molecular weight is 439 g/mol. The van der Waals surface area contributed by atoms with Crippen LogP contribution in [0, 0.1) is 6.92 Å². The summed E-state index contributed by atoms with van der Waals surface area (Å²) in [7, 11) is -1.68. The van der Waals surface area contributed by atoms with Crippen molar-refractivity contribution < 1.29 is 22.4 Å². The smallest absolute Gasteiger partial charge is 0.291 e. The highest BCUT2D eigenvalue weighted by molar-refractivity contribution is 7.91. The largest absolute Gasteiger partial charge is 0.497 e. The van der Waals surface area contributed by atoms with Crippen molar-refractivity contribution in [1.29, 1.82) is 0 Å². The molecule has 7 nitrogen and oxygen atoms in total. The van der Waals surface area contributed by atoms with Crippen LogP contribution >= 0.6 is 0 Å². The summed E-state index contributed by atoms with van der Waals surface area (Å²) in [5.74, 6) is 0.0930. The van der Waals surface area contributed by atoms with E-state index in [-0.39, 0.29) is 28.3 Å². The molecule has 1 aromatic heterocycles. The van der Waals surface area contributed by atoms with Crippen molar-refractivity contribution in [2.24, 2.45) is 0 Å². The number of ether oxygens (including phenoxy) is 1. The van der Waals surface area contributed by atoms with Gasteiger partial charge in [-0.05, 0) is 43.2 Å². The zero-order chi connectivity index (χ0) is 21.9. The van der Waals surface area contributed by atoms with Crippen molar-refractivity contribution in [3.05, 3.63) is 75.1 Å². The van der Waals surface area contributed by atoms with Crippen LogP contribution in [0.3, 0.4) is 0 Å². The van der Waals surface area contributed by atoms with Gasteiger partial charge in [0.2, 0.25) is 5.76 Å². The molecule has 31 heavy (non-hydrogen) atoms. The molecule has 160 valence electrons. The minimum absolute atomic E-state index is 0.00790. The molecule has 0 aliphatic carbocycles. The molecule has 0 radical (unpaired) electrons. The van der Waals surface area contributed by atoms with Crippen LogP contribution in [0.25, 0.3) is 11.0 Å². The Hall–Kier alpha value is -3.13. The Morgan fingerprint density at radius 1 is 1.10 bits per heavy atom. The summed E-state index contributed by atoms with van der Waals surface area (Å²) in [6.45, 7) is 1.88. The van der Waals surface area contributed by atoms with Crippen molar-refractivity contribution in [2.75, 3.05) is 18.6 Å². The summed E-state index contributed by atoms with van der Waals surface area (Å²) >= 11 is 0. The fraction of sp³-hybridized carbons (Fsp3) is 0.304. The van der Waals surface area contributed by atoms with Crippen LogP contribution in [-0.2, 0) is 9.84 Å². The van der Waals surface area contributed by atoms with E-state index in [4.69, 9.17) is 9.15 Å². The Bertz CT molecular complexity index is 1370. The van der Waals surface area contributed by atoms with Gasteiger partial charge in [0.05, 0.1) is 35.6 Å². The molecule has 1 fully saturated rings. The van der Waals surface area contributed by atoms with Crippen molar-refractivity contribution in [3.8, 4) is 5.75 Å². The lowest BCUT2D eigenvalue weighted by Gasteiger charge is -2.30. The monoisotopic (exact) mass is 439 g/mol. The second kappa shape index (κ2) is 6.95. The standard InChI is InChI=1S/C23H21NO6S/c1-13-3-8-18-17(11-13)21(25)19-20(14-4-6-16(29-2)7-5-14)24(23(26)22(19)30-18)15-9-10-31(27,28)12-15/h3-8,11,15,20H,9-10,12H2,1-2H3. The Kier molecular flexibility index (Phi) is 4.44. The molecule has 0 saturated carbocycles. The molecular formula is C23H21NO6S. The molecule has 0 spiro atoms. The first kappa shape index (κ1) is 19.8. The van der Waals surface area contributed by atoms with Crippen LogP contribution < -0.4 is 10.2 Å². The van der Waals surface area contributed by atoms with Crippen molar-refractivity contribution >= 4 is 26.7 Å². The van der Waals surface area contributed by atoms with E-state index in [9.17, 15) is 18.0 Å². The van der Waals surface area contributed by atoms with E-state index < -0.39 is 27.8 Å². The van der Waals surface area contributed by atoms with E-state index >= 15 is 0 Å². The minimum atomic E-state index is -3.24. The van der Waals surface area contributed by atoms with E-state index in [2.05, 4.69) is 0 Å². The lowest BCUT2D eigenvalue weighted by Crippen LogP contribution is -2.40. The second-order valence-corrected chi connectivity index (χ2v) is 10.3. The summed E-state index contributed by atoms with van der Waals surface area (Å²) in [4.78, 5) is 28.5. The maximum Gasteiger partial charge on any atom is 0.291 e. The van der Waals surface area contributed by atoms with Gasteiger partial charge >= 0.3 is 0 Å². The fourth-order valence-corrected chi connectivity index (χ4v) is 6.30. The third-order valence-electron chi connectivity index (χ3n) is 6.09. The Labute approximate surface area is 179 Å². The summed E-state index contributed by atoms with van der Waals surface area (Å²) < 4.78 is 35.5. The minimum Gasteiger partial charge on any atom is -0.497 e. The van der Waals surface area contributed by atoms with Gasteiger partial charge in [-0.3, -0.25) is 9.59 Å². The predicted octanol–water partition coefficient (Wildman–Crippen LogP) is 2.84. The zero-order valence-corrected chi connectivity index (χ0v) is 17.9. The van der Waals surface area contributed by atoms with Gasteiger partial charge in [-0.25, -0.2) is 8.42 Å². The van der Waals surface area contributed by atoms with Gasteiger partial charge in [0.1, 0.15) is 11.3 Å². The molecule has 3 aromatic rings.